The minimum atomic E-state index is 0.350. The monoisotopic (exact) mass is 419 g/mol. The molecule has 162 valence electrons. The lowest BCUT2D eigenvalue weighted by Gasteiger charge is -2.26. The molecule has 0 amide bonds. The Morgan fingerprint density at radius 3 is 2.97 bits per heavy atom. The van der Waals surface area contributed by atoms with Crippen molar-refractivity contribution in [3.8, 4) is 5.75 Å². The molecule has 7 nitrogen and oxygen atoms in total. The zero-order chi connectivity index (χ0) is 21.2. The summed E-state index contributed by atoms with van der Waals surface area (Å²) in [5, 5.41) is 7.95. The molecule has 0 bridgehead atoms. The van der Waals surface area contributed by atoms with Crippen LogP contribution in [0.3, 0.4) is 0 Å². The van der Waals surface area contributed by atoms with Gasteiger partial charge in [0.25, 0.3) is 0 Å². The summed E-state index contributed by atoms with van der Waals surface area (Å²) in [7, 11) is 3.85. The number of hydrogen-bond donors (Lipinski definition) is 2. The molecule has 0 spiro atoms. The molecular weight excluding hydrogens is 390 g/mol. The van der Waals surface area contributed by atoms with Crippen LogP contribution in [-0.2, 0) is 17.7 Å². The molecule has 0 aliphatic carbocycles. The van der Waals surface area contributed by atoms with Gasteiger partial charge < -0.3 is 25.0 Å². The van der Waals surface area contributed by atoms with Crippen LogP contribution in [0.2, 0.25) is 0 Å². The average molecular weight is 420 g/mol. The fourth-order valence-corrected chi connectivity index (χ4v) is 4.38. The highest BCUT2D eigenvalue weighted by Gasteiger charge is 2.18. The van der Waals surface area contributed by atoms with Crippen LogP contribution in [0.1, 0.15) is 24.0 Å². The zero-order valence-corrected chi connectivity index (χ0v) is 18.1. The Balaban J connectivity index is 1.40. The van der Waals surface area contributed by atoms with Crippen molar-refractivity contribution < 1.29 is 9.47 Å². The van der Waals surface area contributed by atoms with Crippen LogP contribution in [0.25, 0.3) is 10.9 Å². The number of nitrogens with one attached hydrogen (secondary N) is 2. The summed E-state index contributed by atoms with van der Waals surface area (Å²) in [4.78, 5) is 11.6. The van der Waals surface area contributed by atoms with Crippen LogP contribution in [-0.4, -0.2) is 54.8 Å². The van der Waals surface area contributed by atoms with Crippen molar-refractivity contribution in [2.45, 2.75) is 31.8 Å². The summed E-state index contributed by atoms with van der Waals surface area (Å²) in [5.74, 6) is 1.38. The molecule has 3 aromatic rings. The van der Waals surface area contributed by atoms with E-state index in [1.807, 2.05) is 6.20 Å². The lowest BCUT2D eigenvalue weighted by atomic mass is 9.99. The number of methoxy groups -OCH3 is 1. The summed E-state index contributed by atoms with van der Waals surface area (Å²) >= 11 is 0. The third kappa shape index (κ3) is 4.43. The number of anilines is 3. The Labute approximate surface area is 182 Å². The van der Waals surface area contributed by atoms with Crippen LogP contribution in [0.15, 0.2) is 36.5 Å². The second-order valence-corrected chi connectivity index (χ2v) is 8.46. The first-order valence-corrected chi connectivity index (χ1v) is 10.9. The van der Waals surface area contributed by atoms with Crippen LogP contribution in [0, 0.1) is 0 Å². The lowest BCUT2D eigenvalue weighted by molar-refractivity contribution is 0.0876. The Hall–Kier alpha value is -2.90. The topological polar surface area (TPSA) is 71.5 Å². The van der Waals surface area contributed by atoms with Gasteiger partial charge in [0.05, 0.1) is 24.9 Å². The molecule has 7 heteroatoms. The highest BCUT2D eigenvalue weighted by molar-refractivity contribution is 5.83. The van der Waals surface area contributed by atoms with Crippen molar-refractivity contribution in [2.24, 2.45) is 0 Å². The number of likely N-dealkylation sites (N-methyl/N-ethyl adjacent to an activating group) is 1. The summed E-state index contributed by atoms with van der Waals surface area (Å²) < 4.78 is 11.2. The minimum absolute atomic E-state index is 0.350. The average Bonchev–Trinajstić information content (AvgIpc) is 2.79. The predicted molar refractivity (Wildman–Crippen MR) is 123 cm³/mol. The van der Waals surface area contributed by atoms with E-state index >= 15 is 0 Å². The molecule has 2 aliphatic rings. The van der Waals surface area contributed by atoms with E-state index in [1.54, 1.807) is 7.11 Å². The zero-order valence-electron chi connectivity index (χ0n) is 18.1. The predicted octanol–water partition coefficient (Wildman–Crippen LogP) is 3.96. The van der Waals surface area contributed by atoms with E-state index in [9.17, 15) is 0 Å². The van der Waals surface area contributed by atoms with Crippen molar-refractivity contribution in [3.63, 3.8) is 0 Å². The van der Waals surface area contributed by atoms with Crippen molar-refractivity contribution in [1.82, 2.24) is 14.9 Å². The van der Waals surface area contributed by atoms with Crippen LogP contribution >= 0.6 is 0 Å². The molecule has 31 heavy (non-hydrogen) atoms. The van der Waals surface area contributed by atoms with E-state index in [-0.39, 0.29) is 0 Å². The fraction of sp³-hybridized carbons (Fsp3) is 0.417. The quantitative estimate of drug-likeness (QED) is 0.649. The molecule has 1 fully saturated rings. The maximum absolute atomic E-state index is 5.65. The number of aromatic nitrogens is 2. The van der Waals surface area contributed by atoms with Crippen molar-refractivity contribution in [1.29, 1.82) is 0 Å². The maximum Gasteiger partial charge on any atom is 0.227 e. The van der Waals surface area contributed by atoms with Gasteiger partial charge in [-0.1, -0.05) is 0 Å². The van der Waals surface area contributed by atoms with Gasteiger partial charge in [-0.2, -0.15) is 0 Å². The first kappa shape index (κ1) is 20.0. The number of rotatable bonds is 5. The molecule has 5 rings (SSSR count). The molecular formula is C24H29N5O2. The normalized spacial score (nSPS) is 19.1. The smallest absolute Gasteiger partial charge is 0.227 e. The van der Waals surface area contributed by atoms with Gasteiger partial charge in [-0.05, 0) is 67.8 Å². The molecule has 2 aliphatic heterocycles. The number of nitrogens with zero attached hydrogens (tertiary/aromatic N) is 3. The number of benzene rings is 2. The van der Waals surface area contributed by atoms with Crippen molar-refractivity contribution in [2.75, 3.05) is 44.5 Å². The van der Waals surface area contributed by atoms with Crippen molar-refractivity contribution >= 4 is 28.2 Å². The highest BCUT2D eigenvalue weighted by atomic mass is 16.5. The largest absolute Gasteiger partial charge is 0.495 e. The molecule has 2 aromatic carbocycles. The Morgan fingerprint density at radius 2 is 2.13 bits per heavy atom. The van der Waals surface area contributed by atoms with Gasteiger partial charge in [0.2, 0.25) is 5.95 Å². The van der Waals surface area contributed by atoms with Crippen LogP contribution < -0.4 is 15.4 Å². The summed E-state index contributed by atoms with van der Waals surface area (Å²) in [6.45, 7) is 3.62. The van der Waals surface area contributed by atoms with Gasteiger partial charge in [-0.15, -0.1) is 0 Å². The second-order valence-electron chi connectivity index (χ2n) is 8.46. The second kappa shape index (κ2) is 8.69. The van der Waals surface area contributed by atoms with E-state index in [2.05, 4.69) is 57.9 Å². The molecule has 0 unspecified atom stereocenters. The van der Waals surface area contributed by atoms with Gasteiger partial charge in [0, 0.05) is 43.0 Å². The van der Waals surface area contributed by atoms with Crippen molar-refractivity contribution in [3.05, 3.63) is 47.7 Å². The van der Waals surface area contributed by atoms with E-state index in [0.29, 0.717) is 12.0 Å². The van der Waals surface area contributed by atoms with Gasteiger partial charge in [-0.25, -0.2) is 9.97 Å². The highest BCUT2D eigenvalue weighted by Crippen LogP contribution is 2.33. The molecule has 3 heterocycles. The van der Waals surface area contributed by atoms with Gasteiger partial charge in [-0.3, -0.25) is 0 Å². The molecule has 2 N–H and O–H groups in total. The van der Waals surface area contributed by atoms with E-state index in [0.717, 1.165) is 73.6 Å². The summed E-state index contributed by atoms with van der Waals surface area (Å²) in [6.07, 6.45) is 5.12. The summed E-state index contributed by atoms with van der Waals surface area (Å²) in [6, 6.07) is 10.9. The summed E-state index contributed by atoms with van der Waals surface area (Å²) in [5.41, 5.74) is 5.52. The maximum atomic E-state index is 5.65. The van der Waals surface area contributed by atoms with Gasteiger partial charge in [0.1, 0.15) is 5.75 Å². The SMILES string of the molecule is COc1cc2c(cc1Nc1ncc3ccc(N[C@H]4CCCOC4)cc3n1)CN(C)CC2. The third-order valence-corrected chi connectivity index (χ3v) is 6.09. The molecule has 1 atom stereocenters. The van der Waals surface area contributed by atoms with Gasteiger partial charge >= 0.3 is 0 Å². The Bertz CT molecular complexity index is 1080. The fourth-order valence-electron chi connectivity index (χ4n) is 4.38. The number of fused-ring (bicyclic) bond motifs is 2. The Kier molecular flexibility index (Phi) is 5.61. The number of ether oxygens (including phenoxy) is 2. The molecule has 0 saturated carbocycles. The van der Waals surface area contributed by atoms with E-state index in [4.69, 9.17) is 14.5 Å². The first-order chi connectivity index (χ1) is 15.2. The van der Waals surface area contributed by atoms with E-state index in [1.165, 1.54) is 11.1 Å². The van der Waals surface area contributed by atoms with E-state index < -0.39 is 0 Å². The standard InChI is InChI=1S/C24H29N5O2/c1-29-8-7-16-11-23(30-2)22(10-18(16)14-29)28-24-25-13-17-5-6-19(12-21(17)27-24)26-20-4-3-9-31-15-20/h5-6,10-13,20,26H,3-4,7-9,14-15H2,1-2H3,(H,25,27,28)/t20-/m0/s1. The third-order valence-electron chi connectivity index (χ3n) is 6.09. The molecule has 1 aromatic heterocycles. The number of hydrogen-bond acceptors (Lipinski definition) is 7. The van der Waals surface area contributed by atoms with Crippen LogP contribution in [0.4, 0.5) is 17.3 Å². The Morgan fingerprint density at radius 1 is 1.19 bits per heavy atom. The lowest BCUT2D eigenvalue weighted by Crippen LogP contribution is -2.29. The molecule has 1 saturated heterocycles. The van der Waals surface area contributed by atoms with Crippen LogP contribution in [0.5, 0.6) is 5.75 Å². The molecule has 0 radical (unpaired) electrons. The van der Waals surface area contributed by atoms with Gasteiger partial charge in [0.15, 0.2) is 0 Å². The first-order valence-electron chi connectivity index (χ1n) is 10.9. The minimum Gasteiger partial charge on any atom is -0.495 e.